The molecule has 1 aromatic rings. The Hall–Kier alpha value is -0.640. The van der Waals surface area contributed by atoms with E-state index in [0.29, 0.717) is 0 Å². The molecule has 2 rings (SSSR count). The topological polar surface area (TPSA) is 24.1 Å². The maximum Gasteiger partial charge on any atom is 0.107 e. The van der Waals surface area contributed by atoms with Gasteiger partial charge in [-0.3, -0.25) is 5.32 Å². The molecule has 1 aliphatic rings. The molecule has 0 aliphatic carbocycles. The molecule has 0 spiro atoms. The van der Waals surface area contributed by atoms with Crippen LogP contribution in [0.1, 0.15) is 18.5 Å². The molecule has 2 atom stereocenters. The number of nitrogens with one attached hydrogen (secondary N) is 2. The van der Waals surface area contributed by atoms with Crippen LogP contribution in [0.15, 0.2) is 18.2 Å². The van der Waals surface area contributed by atoms with Gasteiger partial charge in [-0.1, -0.05) is 23.8 Å². The standard InChI is InChI=1S/C10H11ClN2S/c1-6-8-4-7(11)2-3-9(8)13-10(5-14)12-6/h2-6,10,12-13H,1H3. The summed E-state index contributed by atoms with van der Waals surface area (Å²) in [6.07, 6.45) is 0.0636. The molecule has 0 fully saturated rings. The average molecular weight is 227 g/mol. The summed E-state index contributed by atoms with van der Waals surface area (Å²) in [5, 5.41) is 9.05. The molecular weight excluding hydrogens is 216 g/mol. The number of anilines is 1. The third kappa shape index (κ3) is 1.75. The van der Waals surface area contributed by atoms with Crippen molar-refractivity contribution >= 4 is 34.9 Å². The Labute approximate surface area is 93.6 Å². The summed E-state index contributed by atoms with van der Waals surface area (Å²) in [5.74, 6) is 0. The van der Waals surface area contributed by atoms with Gasteiger partial charge in [-0.15, -0.1) is 0 Å². The first-order valence-electron chi connectivity index (χ1n) is 4.48. The normalized spacial score (nSPS) is 25.0. The molecule has 0 bridgehead atoms. The molecule has 0 aromatic heterocycles. The zero-order chi connectivity index (χ0) is 10.1. The summed E-state index contributed by atoms with van der Waals surface area (Å²) in [7, 11) is 0. The van der Waals surface area contributed by atoms with Gasteiger partial charge < -0.3 is 5.32 Å². The van der Waals surface area contributed by atoms with Gasteiger partial charge in [0.2, 0.25) is 0 Å². The first kappa shape index (κ1) is 9.90. The van der Waals surface area contributed by atoms with Crippen molar-refractivity contribution in [3.8, 4) is 0 Å². The number of rotatable bonds is 1. The molecule has 14 heavy (non-hydrogen) atoms. The molecule has 2 unspecified atom stereocenters. The molecular formula is C10H11ClN2S. The summed E-state index contributed by atoms with van der Waals surface area (Å²) < 4.78 is 0. The van der Waals surface area contributed by atoms with Crippen molar-refractivity contribution in [1.82, 2.24) is 5.32 Å². The minimum absolute atomic E-state index is 0.0636. The van der Waals surface area contributed by atoms with Crippen LogP contribution in [-0.4, -0.2) is 11.5 Å². The molecule has 4 heteroatoms. The van der Waals surface area contributed by atoms with Crippen molar-refractivity contribution in [3.05, 3.63) is 28.8 Å². The fourth-order valence-electron chi connectivity index (χ4n) is 1.66. The third-order valence-corrected chi connectivity index (χ3v) is 2.86. The van der Waals surface area contributed by atoms with Crippen LogP contribution in [0.3, 0.4) is 0 Å². The minimum Gasteiger partial charge on any atom is -0.366 e. The van der Waals surface area contributed by atoms with Gasteiger partial charge in [0, 0.05) is 22.1 Å². The first-order valence-corrected chi connectivity index (χ1v) is 5.33. The summed E-state index contributed by atoms with van der Waals surface area (Å²) in [5.41, 5.74) is 2.29. The number of halogens is 1. The Kier molecular flexibility index (Phi) is 2.72. The maximum atomic E-state index is 5.93. The lowest BCUT2D eigenvalue weighted by molar-refractivity contribution is 0.547. The Morgan fingerprint density at radius 2 is 2.29 bits per heavy atom. The van der Waals surface area contributed by atoms with Crippen molar-refractivity contribution in [3.63, 3.8) is 0 Å². The molecule has 1 heterocycles. The third-order valence-electron chi connectivity index (χ3n) is 2.36. The Morgan fingerprint density at radius 1 is 1.50 bits per heavy atom. The molecule has 0 radical (unpaired) electrons. The number of hydrogen-bond donors (Lipinski definition) is 2. The van der Waals surface area contributed by atoms with Gasteiger partial charge in [0.1, 0.15) is 6.17 Å². The average Bonchev–Trinajstić information content (AvgIpc) is 2.19. The SMILES string of the molecule is CC1NC(C=S)Nc2ccc(Cl)cc21. The number of hydrogen-bond acceptors (Lipinski definition) is 3. The van der Waals surface area contributed by atoms with Crippen LogP contribution in [0.2, 0.25) is 5.02 Å². The van der Waals surface area contributed by atoms with E-state index in [4.69, 9.17) is 23.8 Å². The molecule has 2 N–H and O–H groups in total. The lowest BCUT2D eigenvalue weighted by Crippen LogP contribution is -2.42. The molecule has 0 saturated carbocycles. The molecule has 2 nitrogen and oxygen atoms in total. The largest absolute Gasteiger partial charge is 0.366 e. The fraction of sp³-hybridized carbons (Fsp3) is 0.300. The van der Waals surface area contributed by atoms with Gasteiger partial charge in [-0.2, -0.15) is 0 Å². The lowest BCUT2D eigenvalue weighted by atomic mass is 10.0. The van der Waals surface area contributed by atoms with E-state index in [9.17, 15) is 0 Å². The van der Waals surface area contributed by atoms with Gasteiger partial charge >= 0.3 is 0 Å². The molecule has 74 valence electrons. The molecule has 0 saturated heterocycles. The van der Waals surface area contributed by atoms with Crippen molar-refractivity contribution in [2.45, 2.75) is 19.1 Å². The first-order chi connectivity index (χ1) is 6.70. The van der Waals surface area contributed by atoms with Gasteiger partial charge in [-0.05, 0) is 30.7 Å². The highest BCUT2D eigenvalue weighted by atomic mass is 35.5. The van der Waals surface area contributed by atoms with Crippen molar-refractivity contribution in [2.24, 2.45) is 0 Å². The van der Waals surface area contributed by atoms with Crippen LogP contribution in [-0.2, 0) is 0 Å². The van der Waals surface area contributed by atoms with Crippen LogP contribution >= 0.6 is 23.8 Å². The Balaban J connectivity index is 2.39. The Bertz CT molecular complexity index is 367. The fourth-order valence-corrected chi connectivity index (χ4v) is 1.99. The summed E-state index contributed by atoms with van der Waals surface area (Å²) >= 11 is 10.8. The predicted octanol–water partition coefficient (Wildman–Crippen LogP) is 2.74. The monoisotopic (exact) mass is 226 g/mol. The minimum atomic E-state index is 0.0636. The quantitative estimate of drug-likeness (QED) is 0.721. The highest BCUT2D eigenvalue weighted by Crippen LogP contribution is 2.29. The number of benzene rings is 1. The van der Waals surface area contributed by atoms with E-state index in [1.165, 1.54) is 5.56 Å². The van der Waals surface area contributed by atoms with Crippen LogP contribution in [0, 0.1) is 0 Å². The highest BCUT2D eigenvalue weighted by molar-refractivity contribution is 7.79. The summed E-state index contributed by atoms with van der Waals surface area (Å²) in [4.78, 5) is 0. The van der Waals surface area contributed by atoms with Crippen molar-refractivity contribution in [2.75, 3.05) is 5.32 Å². The lowest BCUT2D eigenvalue weighted by Gasteiger charge is -2.30. The number of fused-ring (bicyclic) bond motifs is 1. The summed E-state index contributed by atoms with van der Waals surface area (Å²) in [6.45, 7) is 2.10. The Morgan fingerprint density at radius 3 is 3.00 bits per heavy atom. The molecule has 1 aromatic carbocycles. The highest BCUT2D eigenvalue weighted by Gasteiger charge is 2.20. The van der Waals surface area contributed by atoms with E-state index in [1.807, 2.05) is 18.2 Å². The van der Waals surface area contributed by atoms with E-state index in [2.05, 4.69) is 17.6 Å². The molecule has 1 aliphatic heterocycles. The maximum absolute atomic E-state index is 5.93. The summed E-state index contributed by atoms with van der Waals surface area (Å²) in [6, 6.07) is 6.11. The van der Waals surface area contributed by atoms with Crippen molar-refractivity contribution < 1.29 is 0 Å². The van der Waals surface area contributed by atoms with E-state index >= 15 is 0 Å². The second-order valence-electron chi connectivity index (χ2n) is 3.38. The smallest absolute Gasteiger partial charge is 0.107 e. The predicted molar refractivity (Wildman–Crippen MR) is 64.1 cm³/mol. The van der Waals surface area contributed by atoms with Gasteiger partial charge in [0.15, 0.2) is 0 Å². The van der Waals surface area contributed by atoms with Gasteiger partial charge in [0.25, 0.3) is 0 Å². The van der Waals surface area contributed by atoms with Crippen LogP contribution in [0.25, 0.3) is 0 Å². The van der Waals surface area contributed by atoms with E-state index in [0.717, 1.165) is 10.7 Å². The zero-order valence-electron chi connectivity index (χ0n) is 7.75. The second-order valence-corrected chi connectivity index (χ2v) is 4.09. The van der Waals surface area contributed by atoms with E-state index in [-0.39, 0.29) is 12.2 Å². The van der Waals surface area contributed by atoms with Crippen LogP contribution in [0.5, 0.6) is 0 Å². The molecule has 0 amide bonds. The van der Waals surface area contributed by atoms with Gasteiger partial charge in [0.05, 0.1) is 0 Å². The van der Waals surface area contributed by atoms with Crippen LogP contribution in [0.4, 0.5) is 5.69 Å². The van der Waals surface area contributed by atoms with E-state index < -0.39 is 0 Å². The van der Waals surface area contributed by atoms with Crippen LogP contribution < -0.4 is 10.6 Å². The number of thiocarbonyl (C=S) groups is 1. The van der Waals surface area contributed by atoms with Crippen molar-refractivity contribution in [1.29, 1.82) is 0 Å². The van der Waals surface area contributed by atoms with Gasteiger partial charge in [-0.25, -0.2) is 0 Å². The van der Waals surface area contributed by atoms with E-state index in [1.54, 1.807) is 5.37 Å². The zero-order valence-corrected chi connectivity index (χ0v) is 9.32. The second kappa shape index (κ2) is 3.85.